The topological polar surface area (TPSA) is 38.0 Å². The van der Waals surface area contributed by atoms with Crippen LogP contribution in [0.4, 0.5) is 8.78 Å². The van der Waals surface area contributed by atoms with Crippen molar-refractivity contribution in [2.75, 3.05) is 0 Å². The Morgan fingerprint density at radius 1 is 1.05 bits per heavy atom. The van der Waals surface area contributed by atoms with Crippen molar-refractivity contribution >= 4 is 15.9 Å². The van der Waals surface area contributed by atoms with Crippen LogP contribution >= 0.6 is 15.9 Å². The van der Waals surface area contributed by atoms with Gasteiger partial charge in [0.1, 0.15) is 0 Å². The molecule has 0 radical (unpaired) electrons. The number of nitrogens with two attached hydrogens (primary N) is 1. The normalized spacial score (nSPS) is 12.5. The summed E-state index contributed by atoms with van der Waals surface area (Å²) in [6, 6.07) is 8.05. The van der Waals surface area contributed by atoms with Gasteiger partial charge in [0.2, 0.25) is 0 Å². The maximum absolute atomic E-state index is 14.1. The summed E-state index contributed by atoms with van der Waals surface area (Å²) < 4.78 is 28.7. The smallest absolute Gasteiger partial charge is 0.164 e. The third kappa shape index (κ3) is 2.75. The summed E-state index contributed by atoms with van der Waals surface area (Å²) in [7, 11) is 0. The highest BCUT2D eigenvalue weighted by atomic mass is 79.9. The molecule has 2 aromatic rings. The Labute approximate surface area is 125 Å². The summed E-state index contributed by atoms with van der Waals surface area (Å²) in [4.78, 5) is 0. The Bertz CT molecular complexity index is 644. The number of nitrogens with one attached hydrogen (secondary N) is 1. The van der Waals surface area contributed by atoms with E-state index in [1.54, 1.807) is 12.1 Å². The van der Waals surface area contributed by atoms with Crippen LogP contribution < -0.4 is 11.3 Å². The Morgan fingerprint density at radius 3 is 2.35 bits per heavy atom. The fourth-order valence-electron chi connectivity index (χ4n) is 2.10. The molecule has 2 aromatic carbocycles. The first kappa shape index (κ1) is 15.1. The fraction of sp³-hybridized carbons (Fsp3) is 0.200. The molecule has 0 aliphatic carbocycles. The molecule has 2 nitrogen and oxygen atoms in total. The lowest BCUT2D eigenvalue weighted by Gasteiger charge is -2.19. The Hall–Kier alpha value is -1.30. The number of aryl methyl sites for hydroxylation is 2. The lowest BCUT2D eigenvalue weighted by Crippen LogP contribution is -2.30. The Morgan fingerprint density at radius 2 is 1.75 bits per heavy atom. The molecule has 0 saturated heterocycles. The zero-order chi connectivity index (χ0) is 14.9. The molecule has 0 amide bonds. The third-order valence-corrected chi connectivity index (χ3v) is 4.19. The van der Waals surface area contributed by atoms with Gasteiger partial charge < -0.3 is 0 Å². The van der Waals surface area contributed by atoms with Crippen molar-refractivity contribution in [2.45, 2.75) is 19.9 Å². The average molecular weight is 341 g/mol. The summed E-state index contributed by atoms with van der Waals surface area (Å²) in [6.07, 6.45) is 0. The molecule has 0 fully saturated rings. The lowest BCUT2D eigenvalue weighted by molar-refractivity contribution is 0.478. The first-order chi connectivity index (χ1) is 9.45. The minimum Gasteiger partial charge on any atom is -0.271 e. The molecule has 0 aliphatic rings. The van der Waals surface area contributed by atoms with E-state index in [2.05, 4.69) is 21.4 Å². The van der Waals surface area contributed by atoms with Gasteiger partial charge in [-0.2, -0.15) is 0 Å². The van der Waals surface area contributed by atoms with Crippen molar-refractivity contribution in [3.05, 3.63) is 68.7 Å². The molecule has 0 aromatic heterocycles. The SMILES string of the molecule is Cc1cc(C(NN)c2ccc(C)c(F)c2F)ccc1Br. The number of hydrogen-bond donors (Lipinski definition) is 2. The lowest BCUT2D eigenvalue weighted by atomic mass is 9.96. The van der Waals surface area contributed by atoms with Crippen LogP contribution in [0.15, 0.2) is 34.8 Å². The van der Waals surface area contributed by atoms with Gasteiger partial charge in [-0.1, -0.05) is 40.2 Å². The molecular weight excluding hydrogens is 326 g/mol. The first-order valence-electron chi connectivity index (χ1n) is 6.12. The zero-order valence-electron chi connectivity index (χ0n) is 11.2. The molecule has 106 valence electrons. The van der Waals surface area contributed by atoms with Crippen molar-refractivity contribution in [1.29, 1.82) is 0 Å². The van der Waals surface area contributed by atoms with Crippen LogP contribution in [0.1, 0.15) is 28.3 Å². The van der Waals surface area contributed by atoms with E-state index in [9.17, 15) is 8.78 Å². The van der Waals surface area contributed by atoms with E-state index in [4.69, 9.17) is 5.84 Å². The minimum absolute atomic E-state index is 0.192. The van der Waals surface area contributed by atoms with Gasteiger partial charge in [0, 0.05) is 10.0 Å². The van der Waals surface area contributed by atoms with Gasteiger partial charge in [-0.05, 0) is 36.6 Å². The minimum atomic E-state index is -0.867. The molecule has 0 spiro atoms. The summed E-state index contributed by atoms with van der Waals surface area (Å²) >= 11 is 3.41. The molecule has 5 heteroatoms. The van der Waals surface area contributed by atoms with E-state index < -0.39 is 17.7 Å². The maximum atomic E-state index is 14.1. The summed E-state index contributed by atoms with van der Waals surface area (Å²) in [5.41, 5.74) is 4.78. The van der Waals surface area contributed by atoms with Crippen molar-refractivity contribution in [1.82, 2.24) is 5.43 Å². The van der Waals surface area contributed by atoms with E-state index in [0.29, 0.717) is 0 Å². The van der Waals surface area contributed by atoms with Crippen LogP contribution in [-0.4, -0.2) is 0 Å². The monoisotopic (exact) mass is 340 g/mol. The van der Waals surface area contributed by atoms with Crippen LogP contribution in [0.2, 0.25) is 0 Å². The molecule has 20 heavy (non-hydrogen) atoms. The van der Waals surface area contributed by atoms with E-state index in [-0.39, 0.29) is 11.1 Å². The molecule has 3 N–H and O–H groups in total. The van der Waals surface area contributed by atoms with Gasteiger partial charge in [-0.15, -0.1) is 0 Å². The van der Waals surface area contributed by atoms with Crippen LogP contribution in [-0.2, 0) is 0 Å². The van der Waals surface area contributed by atoms with Crippen LogP contribution in [0.3, 0.4) is 0 Å². The van der Waals surface area contributed by atoms with Gasteiger partial charge >= 0.3 is 0 Å². The molecule has 0 saturated carbocycles. The summed E-state index contributed by atoms with van der Waals surface area (Å²) in [6.45, 7) is 3.45. The molecule has 0 bridgehead atoms. The van der Waals surface area contributed by atoms with Crippen LogP contribution in [0.25, 0.3) is 0 Å². The third-order valence-electron chi connectivity index (χ3n) is 3.30. The van der Waals surface area contributed by atoms with Crippen molar-refractivity contribution in [3.63, 3.8) is 0 Å². The van der Waals surface area contributed by atoms with Crippen LogP contribution in [0.5, 0.6) is 0 Å². The standard InChI is InChI=1S/C15H15BrF2N2/c1-8-3-5-11(14(18)13(8)17)15(20-19)10-4-6-12(16)9(2)7-10/h3-7,15,20H,19H2,1-2H3. The largest absolute Gasteiger partial charge is 0.271 e. The Balaban J connectivity index is 2.52. The second kappa shape index (κ2) is 5.99. The van der Waals surface area contributed by atoms with Crippen molar-refractivity contribution in [3.8, 4) is 0 Å². The van der Waals surface area contributed by atoms with Crippen molar-refractivity contribution < 1.29 is 8.78 Å². The van der Waals surface area contributed by atoms with Crippen LogP contribution in [0, 0.1) is 25.5 Å². The number of hydrazine groups is 1. The second-order valence-corrected chi connectivity index (χ2v) is 5.56. The van der Waals surface area contributed by atoms with Gasteiger partial charge in [0.05, 0.1) is 6.04 Å². The predicted octanol–water partition coefficient (Wildman–Crippen LogP) is 3.90. The van der Waals surface area contributed by atoms with Crippen molar-refractivity contribution in [2.24, 2.45) is 5.84 Å². The summed E-state index contributed by atoms with van der Waals surface area (Å²) in [5.74, 6) is 3.83. The Kier molecular flexibility index (Phi) is 4.52. The fourth-order valence-corrected chi connectivity index (χ4v) is 2.34. The quantitative estimate of drug-likeness (QED) is 0.656. The molecule has 1 unspecified atom stereocenters. The van der Waals surface area contributed by atoms with E-state index in [1.807, 2.05) is 25.1 Å². The average Bonchev–Trinajstić information content (AvgIpc) is 2.43. The van der Waals surface area contributed by atoms with Gasteiger partial charge in [-0.3, -0.25) is 5.84 Å². The van der Waals surface area contributed by atoms with E-state index >= 15 is 0 Å². The number of rotatable bonds is 3. The first-order valence-corrected chi connectivity index (χ1v) is 6.91. The van der Waals surface area contributed by atoms with Gasteiger partial charge in [0.25, 0.3) is 0 Å². The number of hydrogen-bond acceptors (Lipinski definition) is 2. The molecule has 0 aliphatic heterocycles. The maximum Gasteiger partial charge on any atom is 0.164 e. The van der Waals surface area contributed by atoms with E-state index in [0.717, 1.165) is 15.6 Å². The predicted molar refractivity (Wildman–Crippen MR) is 79.1 cm³/mol. The molecule has 1 atom stereocenters. The van der Waals surface area contributed by atoms with Gasteiger partial charge in [0.15, 0.2) is 11.6 Å². The second-order valence-electron chi connectivity index (χ2n) is 4.71. The zero-order valence-corrected chi connectivity index (χ0v) is 12.8. The highest BCUT2D eigenvalue weighted by Gasteiger charge is 2.20. The molecule has 0 heterocycles. The van der Waals surface area contributed by atoms with E-state index in [1.165, 1.54) is 6.92 Å². The molecular formula is C15H15BrF2N2. The molecule has 2 rings (SSSR count). The van der Waals surface area contributed by atoms with Gasteiger partial charge in [-0.25, -0.2) is 14.2 Å². The number of halogens is 3. The summed E-state index contributed by atoms with van der Waals surface area (Å²) in [5, 5.41) is 0. The number of benzene rings is 2. The highest BCUT2D eigenvalue weighted by Crippen LogP contribution is 2.28. The highest BCUT2D eigenvalue weighted by molar-refractivity contribution is 9.10.